The van der Waals surface area contributed by atoms with E-state index in [4.69, 9.17) is 9.40 Å². The minimum Gasteiger partial charge on any atom is -0.501 e. The Bertz CT molecular complexity index is 4170. The normalized spacial score (nSPS) is 12.2. The molecule has 0 saturated heterocycles. The van der Waals surface area contributed by atoms with Crippen LogP contribution in [0.15, 0.2) is 180 Å². The number of benzene rings is 9. The second-order valence-electron chi connectivity index (χ2n) is 25.1. The molecular weight excluding hydrogens is 1160 g/mol. The van der Waals surface area contributed by atoms with Crippen molar-refractivity contribution in [3.63, 3.8) is 0 Å². The molecule has 0 unspecified atom stereocenters. The van der Waals surface area contributed by atoms with E-state index in [1.807, 2.05) is 18.3 Å². The van der Waals surface area contributed by atoms with Crippen molar-refractivity contribution < 1.29 is 28.9 Å². The number of aromatic nitrogens is 3. The van der Waals surface area contributed by atoms with Crippen LogP contribution in [-0.4, -0.2) is 14.5 Å². The second-order valence-corrected chi connectivity index (χ2v) is 25.1. The molecule has 80 heavy (non-hydrogen) atoms. The monoisotopic (exact) mass is 1230 g/mol. The van der Waals surface area contributed by atoms with E-state index >= 15 is 0 Å². The molecule has 4 nitrogen and oxygen atoms in total. The number of pyridine rings is 1. The average molecular weight is 1230 g/mol. The molecule has 12 aromatic rings. The summed E-state index contributed by atoms with van der Waals surface area (Å²) in [6.45, 7) is 29.5. The zero-order valence-corrected chi connectivity index (χ0v) is 50.8. The number of rotatable bonds is 7. The molecule has 0 aliphatic heterocycles. The molecule has 6 heteroatoms. The molecule has 3 heterocycles. The van der Waals surface area contributed by atoms with Crippen LogP contribution in [0.2, 0.25) is 0 Å². The SMILES string of the molecule is CC(C)(C)c1ccc(-c2[c-]cc(F)cc2)nc1.CC(C)c1cc(-c2ccc(-c3cc(C(C)(C)C)cc(C(C)(C)C)c3)cc2)cc(C(C)C)c1-n1c(-c2[c-]ccc3c2oc2cc4c(ccc5ccccc54)cc23)nc2ccccc21.[Ir]. The summed E-state index contributed by atoms with van der Waals surface area (Å²) >= 11 is 0. The predicted molar refractivity (Wildman–Crippen MR) is 331 cm³/mol. The Morgan fingerprint density at radius 1 is 0.525 bits per heavy atom. The molecule has 0 amide bonds. The third-order valence-electron chi connectivity index (χ3n) is 15.6. The van der Waals surface area contributed by atoms with Crippen molar-refractivity contribution in [3.05, 3.63) is 222 Å². The van der Waals surface area contributed by atoms with E-state index in [1.54, 1.807) is 6.07 Å². The first-order valence-electron chi connectivity index (χ1n) is 27.9. The first-order chi connectivity index (χ1) is 37.6. The van der Waals surface area contributed by atoms with Gasteiger partial charge >= 0.3 is 0 Å². The van der Waals surface area contributed by atoms with E-state index in [0.29, 0.717) is 0 Å². The number of halogens is 1. The van der Waals surface area contributed by atoms with Crippen molar-refractivity contribution >= 4 is 54.5 Å². The Labute approximate surface area is 485 Å². The first-order valence-corrected chi connectivity index (χ1v) is 27.9. The van der Waals surface area contributed by atoms with Gasteiger partial charge in [-0.2, -0.15) is 0 Å². The van der Waals surface area contributed by atoms with Crippen molar-refractivity contribution in [2.45, 2.75) is 118 Å². The maximum Gasteiger partial charge on any atom is 0.121 e. The van der Waals surface area contributed by atoms with E-state index in [0.717, 1.165) is 55.6 Å². The third-order valence-corrected chi connectivity index (χ3v) is 15.6. The van der Waals surface area contributed by atoms with E-state index < -0.39 is 0 Å². The van der Waals surface area contributed by atoms with Crippen LogP contribution in [0.25, 0.3) is 105 Å². The average Bonchev–Trinajstić information content (AvgIpc) is 4.17. The van der Waals surface area contributed by atoms with Crippen molar-refractivity contribution in [3.8, 4) is 50.6 Å². The van der Waals surface area contributed by atoms with Gasteiger partial charge in [0, 0.05) is 43.2 Å². The van der Waals surface area contributed by atoms with E-state index in [2.05, 4.69) is 251 Å². The number of furan rings is 1. The van der Waals surface area contributed by atoms with Crippen molar-refractivity contribution in [1.82, 2.24) is 14.5 Å². The van der Waals surface area contributed by atoms with Gasteiger partial charge in [-0.15, -0.1) is 48.0 Å². The number of hydrogen-bond donors (Lipinski definition) is 0. The van der Waals surface area contributed by atoms with Gasteiger partial charge in [0.05, 0.1) is 22.4 Å². The summed E-state index contributed by atoms with van der Waals surface area (Å²) in [7, 11) is 0. The summed E-state index contributed by atoms with van der Waals surface area (Å²) in [5.41, 5.74) is 19.0. The van der Waals surface area contributed by atoms with E-state index in [-0.39, 0.29) is 54.0 Å². The standard InChI is InChI=1S/C59H55N2O.C15H15FN.Ir/c1-35(2)48-31-42(38-24-22-37(23-25-38)41-28-43(58(5,6)7)33-44(29-41)59(8,9)10)32-49(36(3)4)55(48)61-53-21-14-13-20-52(53)60-57(61)47-19-15-18-46-51-30-40-27-26-39-16-11-12-17-45(39)50(40)34-54(51)62-56(46)47;1-15(2,3)12-6-9-14(17-10-12)11-4-7-13(16)8-5-11;/h11-18,20-36H,1-10H3;4,6-10H,1-3H3;/q2*-1;. The van der Waals surface area contributed by atoms with Crippen LogP contribution >= 0.6 is 0 Å². The van der Waals surface area contributed by atoms with Crippen LogP contribution in [0.3, 0.4) is 0 Å². The van der Waals surface area contributed by atoms with Gasteiger partial charge < -0.3 is 14.0 Å². The van der Waals surface area contributed by atoms with Gasteiger partial charge in [0.2, 0.25) is 0 Å². The fraction of sp³-hybridized carbons (Fsp3) is 0.243. The van der Waals surface area contributed by atoms with Crippen LogP contribution in [0.5, 0.6) is 0 Å². The van der Waals surface area contributed by atoms with Gasteiger partial charge in [0.25, 0.3) is 0 Å². The van der Waals surface area contributed by atoms with Crippen molar-refractivity contribution in [2.75, 3.05) is 0 Å². The molecule has 9 aromatic carbocycles. The molecule has 3 aromatic heterocycles. The fourth-order valence-corrected chi connectivity index (χ4v) is 10.9. The summed E-state index contributed by atoms with van der Waals surface area (Å²) in [4.78, 5) is 9.80. The minimum atomic E-state index is -0.278. The Balaban J connectivity index is 0.000000342. The number of nitrogens with zero attached hydrogens (tertiary/aromatic N) is 3. The molecule has 0 aliphatic carbocycles. The number of hydrogen-bond acceptors (Lipinski definition) is 3. The third kappa shape index (κ3) is 10.8. The summed E-state index contributed by atoms with van der Waals surface area (Å²) in [6.07, 6.45) is 1.87. The Morgan fingerprint density at radius 2 is 1.14 bits per heavy atom. The Morgan fingerprint density at radius 3 is 1.74 bits per heavy atom. The fourth-order valence-electron chi connectivity index (χ4n) is 10.9. The Hall–Kier alpha value is -7.50. The molecule has 0 fully saturated rings. The first kappa shape index (κ1) is 55.8. The van der Waals surface area contributed by atoms with Gasteiger partial charge in [-0.25, -0.2) is 0 Å². The largest absolute Gasteiger partial charge is 0.501 e. The molecule has 0 bridgehead atoms. The van der Waals surface area contributed by atoms with Crippen LogP contribution in [-0.2, 0) is 36.4 Å². The van der Waals surface area contributed by atoms with Gasteiger partial charge in [-0.1, -0.05) is 204 Å². The van der Waals surface area contributed by atoms with Crippen molar-refractivity contribution in [1.29, 1.82) is 0 Å². The summed E-state index contributed by atoms with van der Waals surface area (Å²) < 4.78 is 22.1. The number of imidazole rings is 1. The minimum absolute atomic E-state index is 0. The molecule has 0 aliphatic rings. The predicted octanol–water partition coefficient (Wildman–Crippen LogP) is 20.9. The van der Waals surface area contributed by atoms with Gasteiger partial charge in [0.15, 0.2) is 0 Å². The quantitative estimate of drug-likeness (QED) is 0.118. The second kappa shape index (κ2) is 21.5. The van der Waals surface area contributed by atoms with Crippen LogP contribution in [0, 0.1) is 17.9 Å². The molecule has 0 N–H and O–H groups in total. The Kier molecular flexibility index (Phi) is 15.0. The number of para-hydroxylation sites is 2. The van der Waals surface area contributed by atoms with Gasteiger partial charge in [-0.05, 0) is 142 Å². The van der Waals surface area contributed by atoms with Gasteiger partial charge in [-0.3, -0.25) is 9.37 Å². The molecule has 12 rings (SSSR count). The van der Waals surface area contributed by atoms with Crippen LogP contribution < -0.4 is 0 Å². The maximum absolute atomic E-state index is 12.8. The zero-order chi connectivity index (χ0) is 55.7. The topological polar surface area (TPSA) is 43.9 Å². The zero-order valence-electron chi connectivity index (χ0n) is 48.4. The maximum atomic E-state index is 12.8. The molecule has 0 atom stereocenters. The number of fused-ring (bicyclic) bond motifs is 7. The smallest absolute Gasteiger partial charge is 0.121 e. The molecule has 0 spiro atoms. The molecule has 1 radical (unpaired) electrons. The molecule has 405 valence electrons. The van der Waals surface area contributed by atoms with Gasteiger partial charge in [0.1, 0.15) is 5.58 Å². The van der Waals surface area contributed by atoms with E-state index in [9.17, 15) is 4.39 Å². The van der Waals surface area contributed by atoms with E-state index in [1.165, 1.54) is 89.4 Å². The summed E-state index contributed by atoms with van der Waals surface area (Å²) in [5, 5.41) is 6.99. The summed E-state index contributed by atoms with van der Waals surface area (Å²) in [5.74, 6) is 1.03. The van der Waals surface area contributed by atoms with Crippen LogP contribution in [0.4, 0.5) is 4.39 Å². The molecular formula is C74H70FIrN3O-2. The van der Waals surface area contributed by atoms with Crippen molar-refractivity contribution in [2.24, 2.45) is 0 Å². The van der Waals surface area contributed by atoms with Crippen LogP contribution in [0.1, 0.15) is 130 Å². The summed E-state index contributed by atoms with van der Waals surface area (Å²) in [6, 6.07) is 66.3. The molecule has 0 saturated carbocycles.